The third-order valence-corrected chi connectivity index (χ3v) is 3.70. The summed E-state index contributed by atoms with van der Waals surface area (Å²) in [7, 11) is 0. The van der Waals surface area contributed by atoms with Crippen molar-refractivity contribution in [2.24, 2.45) is 0 Å². The van der Waals surface area contributed by atoms with Gasteiger partial charge in [0.1, 0.15) is 10.0 Å². The molecule has 28 heavy (non-hydrogen) atoms. The molecule has 0 saturated carbocycles. The van der Waals surface area contributed by atoms with Crippen LogP contribution in [0.2, 0.25) is 10.0 Å². The fourth-order valence-corrected chi connectivity index (χ4v) is 2.29. The number of nitrogens with zero attached hydrogens (tertiary/aromatic N) is 2. The number of nitro benzene ring substituents is 2. The maximum absolute atomic E-state index is 10.6. The van der Waals surface area contributed by atoms with Gasteiger partial charge >= 0.3 is 11.9 Å². The van der Waals surface area contributed by atoms with Crippen molar-refractivity contribution in [1.29, 1.82) is 0 Å². The number of rotatable bonds is 4. The van der Waals surface area contributed by atoms with Crippen molar-refractivity contribution in [3.63, 3.8) is 0 Å². The van der Waals surface area contributed by atoms with Crippen molar-refractivity contribution in [2.45, 2.75) is 0 Å². The van der Waals surface area contributed by atoms with Gasteiger partial charge in [0.25, 0.3) is 11.4 Å². The summed E-state index contributed by atoms with van der Waals surface area (Å²) in [5.74, 6) is -2.66. The van der Waals surface area contributed by atoms with Gasteiger partial charge in [-0.15, -0.1) is 0 Å². The number of nitro groups is 2. The molecule has 0 radical (unpaired) electrons. The SMILES string of the molecule is Nc1cc(Cl)c([N+](=O)[O-])cc1C(=O)O.Nc1cc(Cl)c([N+](=O)[O-])cc1C(=O)O. The smallest absolute Gasteiger partial charge is 0.338 e. The summed E-state index contributed by atoms with van der Waals surface area (Å²) in [6.07, 6.45) is 0. The molecule has 0 amide bonds. The number of carboxylic acids is 2. The zero-order valence-corrected chi connectivity index (χ0v) is 15.0. The third-order valence-electron chi connectivity index (χ3n) is 3.09. The zero-order chi connectivity index (χ0) is 21.8. The second kappa shape index (κ2) is 8.83. The molecular weight excluding hydrogens is 423 g/mol. The molecular formula is C14H10Cl2N4O8. The van der Waals surface area contributed by atoms with Crippen LogP contribution in [0.1, 0.15) is 20.7 Å². The second-order valence-corrected chi connectivity index (χ2v) is 5.72. The van der Waals surface area contributed by atoms with E-state index in [-0.39, 0.29) is 32.5 Å². The maximum atomic E-state index is 10.6. The average molecular weight is 433 g/mol. The van der Waals surface area contributed by atoms with Crippen molar-refractivity contribution in [1.82, 2.24) is 0 Å². The molecule has 0 spiro atoms. The lowest BCUT2D eigenvalue weighted by atomic mass is 10.1. The number of nitrogen functional groups attached to an aromatic ring is 2. The van der Waals surface area contributed by atoms with E-state index < -0.39 is 33.2 Å². The first-order chi connectivity index (χ1) is 12.9. The number of hydrogen-bond acceptors (Lipinski definition) is 8. The van der Waals surface area contributed by atoms with Crippen LogP contribution in [-0.4, -0.2) is 32.0 Å². The summed E-state index contributed by atoms with van der Waals surface area (Å²) in [6, 6.07) is 3.76. The second-order valence-electron chi connectivity index (χ2n) is 4.91. The number of nitrogens with two attached hydrogens (primary N) is 2. The number of hydrogen-bond donors (Lipinski definition) is 4. The van der Waals surface area contributed by atoms with Crippen LogP contribution < -0.4 is 11.5 Å². The van der Waals surface area contributed by atoms with E-state index in [4.69, 9.17) is 44.9 Å². The van der Waals surface area contributed by atoms with E-state index in [9.17, 15) is 29.8 Å². The molecule has 2 aromatic rings. The molecule has 0 saturated heterocycles. The Hall–Kier alpha value is -3.64. The molecule has 0 unspecified atom stereocenters. The van der Waals surface area contributed by atoms with Crippen LogP contribution in [0, 0.1) is 20.2 Å². The van der Waals surface area contributed by atoms with Gasteiger partial charge in [-0.1, -0.05) is 23.2 Å². The Morgan fingerprint density at radius 3 is 1.29 bits per heavy atom. The molecule has 0 aromatic heterocycles. The Labute approximate surface area is 165 Å². The molecule has 0 atom stereocenters. The van der Waals surface area contributed by atoms with E-state index in [0.717, 1.165) is 24.3 Å². The van der Waals surface area contributed by atoms with Gasteiger partial charge in [-0.25, -0.2) is 9.59 Å². The molecule has 12 nitrogen and oxygen atoms in total. The van der Waals surface area contributed by atoms with Crippen LogP contribution >= 0.6 is 23.2 Å². The minimum absolute atomic E-state index is 0.104. The summed E-state index contributed by atoms with van der Waals surface area (Å²) in [5.41, 5.74) is 8.79. The first kappa shape index (κ1) is 22.4. The fraction of sp³-hybridized carbons (Fsp3) is 0. The van der Waals surface area contributed by atoms with Crippen LogP contribution in [0.15, 0.2) is 24.3 Å². The number of anilines is 2. The van der Waals surface area contributed by atoms with Gasteiger partial charge in [-0.2, -0.15) is 0 Å². The molecule has 0 heterocycles. The molecule has 0 fully saturated rings. The van der Waals surface area contributed by atoms with Gasteiger partial charge < -0.3 is 21.7 Å². The Balaban J connectivity index is 0.000000280. The molecule has 0 aliphatic rings. The van der Waals surface area contributed by atoms with Gasteiger partial charge in [0.05, 0.1) is 21.0 Å². The lowest BCUT2D eigenvalue weighted by Crippen LogP contribution is -2.03. The molecule has 0 bridgehead atoms. The minimum atomic E-state index is -1.33. The van der Waals surface area contributed by atoms with Crippen molar-refractivity contribution in [2.75, 3.05) is 11.5 Å². The summed E-state index contributed by atoms with van der Waals surface area (Å²) in [5, 5.41) is 37.7. The molecule has 2 aromatic carbocycles. The quantitative estimate of drug-likeness (QED) is 0.314. The van der Waals surface area contributed by atoms with E-state index in [1.54, 1.807) is 0 Å². The highest BCUT2D eigenvalue weighted by Crippen LogP contribution is 2.30. The zero-order valence-electron chi connectivity index (χ0n) is 13.5. The van der Waals surface area contributed by atoms with E-state index in [0.29, 0.717) is 0 Å². The topological polar surface area (TPSA) is 213 Å². The Morgan fingerprint density at radius 2 is 1.07 bits per heavy atom. The molecule has 14 heteroatoms. The Morgan fingerprint density at radius 1 is 0.786 bits per heavy atom. The average Bonchev–Trinajstić information content (AvgIpc) is 2.53. The van der Waals surface area contributed by atoms with Crippen LogP contribution in [0.3, 0.4) is 0 Å². The number of halogens is 2. The van der Waals surface area contributed by atoms with Crippen LogP contribution in [0.25, 0.3) is 0 Å². The highest BCUT2D eigenvalue weighted by atomic mass is 35.5. The highest BCUT2D eigenvalue weighted by molar-refractivity contribution is 6.33. The van der Waals surface area contributed by atoms with Crippen LogP contribution in [0.4, 0.5) is 22.7 Å². The first-order valence-corrected chi connectivity index (χ1v) is 7.55. The van der Waals surface area contributed by atoms with E-state index in [1.807, 2.05) is 0 Å². The van der Waals surface area contributed by atoms with Gasteiger partial charge in [0, 0.05) is 23.5 Å². The lowest BCUT2D eigenvalue weighted by molar-refractivity contribution is -0.384. The molecule has 6 N–H and O–H groups in total. The van der Waals surface area contributed by atoms with E-state index in [2.05, 4.69) is 0 Å². The monoisotopic (exact) mass is 432 g/mol. The van der Waals surface area contributed by atoms with Crippen LogP contribution in [-0.2, 0) is 0 Å². The predicted octanol–water partition coefficient (Wildman–Crippen LogP) is 3.06. The van der Waals surface area contributed by atoms with E-state index in [1.165, 1.54) is 0 Å². The highest BCUT2D eigenvalue weighted by Gasteiger charge is 2.19. The normalized spacial score (nSPS) is 9.79. The van der Waals surface area contributed by atoms with Gasteiger partial charge in [-0.3, -0.25) is 20.2 Å². The number of carbonyl (C=O) groups is 2. The van der Waals surface area contributed by atoms with Crippen molar-refractivity contribution < 1.29 is 29.6 Å². The predicted molar refractivity (Wildman–Crippen MR) is 99.0 cm³/mol. The molecule has 2 rings (SSSR count). The minimum Gasteiger partial charge on any atom is -0.478 e. The van der Waals surface area contributed by atoms with Crippen molar-refractivity contribution in [3.05, 3.63) is 65.7 Å². The third kappa shape index (κ3) is 5.18. The van der Waals surface area contributed by atoms with Crippen LogP contribution in [0.5, 0.6) is 0 Å². The standard InChI is InChI=1S/2C7H5ClN2O4/c2*8-4-2-5(9)3(7(11)12)1-6(4)10(13)14/h2*1-2H,9H2,(H,11,12). The summed E-state index contributed by atoms with van der Waals surface area (Å²) in [6.45, 7) is 0. The summed E-state index contributed by atoms with van der Waals surface area (Å²) < 4.78 is 0. The van der Waals surface area contributed by atoms with Crippen molar-refractivity contribution in [3.8, 4) is 0 Å². The number of benzene rings is 2. The molecule has 0 aliphatic carbocycles. The fourth-order valence-electron chi connectivity index (χ4n) is 1.80. The maximum Gasteiger partial charge on any atom is 0.338 e. The van der Waals surface area contributed by atoms with Crippen molar-refractivity contribution >= 4 is 57.9 Å². The summed E-state index contributed by atoms with van der Waals surface area (Å²) >= 11 is 11.0. The van der Waals surface area contributed by atoms with E-state index >= 15 is 0 Å². The molecule has 148 valence electrons. The Kier molecular flexibility index (Phi) is 7.07. The Bertz CT molecular complexity index is 846. The largest absolute Gasteiger partial charge is 0.478 e. The molecule has 0 aliphatic heterocycles. The number of aromatic carboxylic acids is 2. The van der Waals surface area contributed by atoms with Gasteiger partial charge in [-0.05, 0) is 12.1 Å². The first-order valence-electron chi connectivity index (χ1n) is 6.80. The lowest BCUT2D eigenvalue weighted by Gasteiger charge is -2.01. The number of carboxylic acid groups (broad SMARTS) is 2. The van der Waals surface area contributed by atoms with Gasteiger partial charge in [0.2, 0.25) is 0 Å². The van der Waals surface area contributed by atoms with Gasteiger partial charge in [0.15, 0.2) is 0 Å². The summed E-state index contributed by atoms with van der Waals surface area (Å²) in [4.78, 5) is 40.4.